The van der Waals surface area contributed by atoms with Gasteiger partial charge in [0.25, 0.3) is 0 Å². The van der Waals surface area contributed by atoms with E-state index in [1.807, 2.05) is 19.0 Å². The number of nitrogens with one attached hydrogen (secondary N) is 1. The third-order valence-electron chi connectivity index (χ3n) is 4.86. The van der Waals surface area contributed by atoms with Crippen molar-refractivity contribution in [3.63, 3.8) is 0 Å². The maximum absolute atomic E-state index is 13.0. The molecular formula is C20H34ClN3O4S. The molecule has 1 atom stereocenters. The summed E-state index contributed by atoms with van der Waals surface area (Å²) in [4.78, 5) is 16.2. The number of nitrogens with zero attached hydrogens (tertiary/aromatic N) is 2. The Kier molecular flexibility index (Phi) is 10.8. The number of likely N-dealkylation sites (N-methyl/N-ethyl adjacent to an activating group) is 1. The van der Waals surface area contributed by atoms with Crippen molar-refractivity contribution in [3.05, 3.63) is 24.3 Å². The third kappa shape index (κ3) is 7.68. The zero-order valence-electron chi connectivity index (χ0n) is 17.6. The standard InChI is InChI=1S/C20H33N3O4S.ClH/c1-4-5-15-27-17-8-10-18(11-9-17)28(25,26)19-7-6-13-23(16-19)20(24)21-12-14-22(2)3;/h8-11,19H,4-7,12-16H2,1-3H3,(H,21,24);1H. The van der Waals surface area contributed by atoms with Crippen LogP contribution in [-0.4, -0.2) is 76.4 Å². The number of amides is 2. The van der Waals surface area contributed by atoms with Crippen molar-refractivity contribution in [2.45, 2.75) is 42.8 Å². The highest BCUT2D eigenvalue weighted by atomic mass is 35.5. The van der Waals surface area contributed by atoms with E-state index in [1.54, 1.807) is 29.2 Å². The maximum atomic E-state index is 13.0. The third-order valence-corrected chi connectivity index (χ3v) is 7.05. The molecule has 1 saturated heterocycles. The number of piperidine rings is 1. The van der Waals surface area contributed by atoms with Crippen LogP contribution in [0.3, 0.4) is 0 Å². The van der Waals surface area contributed by atoms with Crippen molar-refractivity contribution < 1.29 is 17.9 Å². The summed E-state index contributed by atoms with van der Waals surface area (Å²) < 4.78 is 31.7. The fourth-order valence-corrected chi connectivity index (χ4v) is 4.88. The number of sulfone groups is 1. The summed E-state index contributed by atoms with van der Waals surface area (Å²) in [5.41, 5.74) is 0. The van der Waals surface area contributed by atoms with Gasteiger partial charge in [0, 0.05) is 26.2 Å². The second-order valence-corrected chi connectivity index (χ2v) is 9.69. The summed E-state index contributed by atoms with van der Waals surface area (Å²) in [6.45, 7) is 4.82. The Morgan fingerprint density at radius 2 is 1.97 bits per heavy atom. The van der Waals surface area contributed by atoms with E-state index in [4.69, 9.17) is 4.74 Å². The van der Waals surface area contributed by atoms with Gasteiger partial charge in [0.2, 0.25) is 0 Å². The number of hydrogen-bond acceptors (Lipinski definition) is 5. The van der Waals surface area contributed by atoms with Gasteiger partial charge in [-0.1, -0.05) is 13.3 Å². The van der Waals surface area contributed by atoms with Crippen molar-refractivity contribution in [1.29, 1.82) is 0 Å². The second-order valence-electron chi connectivity index (χ2n) is 7.46. The van der Waals surface area contributed by atoms with Gasteiger partial charge < -0.3 is 19.9 Å². The molecule has 0 radical (unpaired) electrons. The molecule has 1 fully saturated rings. The van der Waals surface area contributed by atoms with Crippen LogP contribution in [0.4, 0.5) is 4.79 Å². The average molecular weight is 448 g/mol. The van der Waals surface area contributed by atoms with E-state index in [-0.39, 0.29) is 29.9 Å². The van der Waals surface area contributed by atoms with E-state index in [9.17, 15) is 13.2 Å². The molecular weight excluding hydrogens is 414 g/mol. The summed E-state index contributed by atoms with van der Waals surface area (Å²) in [5, 5.41) is 2.29. The predicted octanol–water partition coefficient (Wildman–Crippen LogP) is 2.80. The lowest BCUT2D eigenvalue weighted by atomic mass is 10.1. The molecule has 0 spiro atoms. The molecule has 1 N–H and O–H groups in total. The zero-order chi connectivity index (χ0) is 20.6. The Balaban J connectivity index is 0.00000420. The van der Waals surface area contributed by atoms with E-state index in [1.165, 1.54) is 0 Å². The molecule has 2 amide bonds. The highest BCUT2D eigenvalue weighted by Crippen LogP contribution is 2.25. The van der Waals surface area contributed by atoms with Crippen LogP contribution >= 0.6 is 12.4 Å². The van der Waals surface area contributed by atoms with Gasteiger partial charge in [0.05, 0.1) is 16.8 Å². The molecule has 0 aromatic heterocycles. The highest BCUT2D eigenvalue weighted by Gasteiger charge is 2.33. The van der Waals surface area contributed by atoms with E-state index in [0.717, 1.165) is 19.4 Å². The molecule has 0 bridgehead atoms. The molecule has 1 heterocycles. The van der Waals surface area contributed by atoms with E-state index < -0.39 is 15.1 Å². The number of benzene rings is 1. The maximum Gasteiger partial charge on any atom is 0.317 e. The van der Waals surface area contributed by atoms with Crippen LogP contribution < -0.4 is 10.1 Å². The Hall–Kier alpha value is -1.51. The van der Waals surface area contributed by atoms with Crippen LogP contribution in [0, 0.1) is 0 Å². The molecule has 2 rings (SSSR count). The van der Waals surface area contributed by atoms with Crippen LogP contribution in [0.1, 0.15) is 32.6 Å². The number of carbonyl (C=O) groups excluding carboxylic acids is 1. The van der Waals surface area contributed by atoms with Crippen molar-refractivity contribution in [2.75, 3.05) is 46.9 Å². The number of urea groups is 1. The Morgan fingerprint density at radius 3 is 2.59 bits per heavy atom. The van der Waals surface area contributed by atoms with Crippen LogP contribution in [0.2, 0.25) is 0 Å². The molecule has 1 unspecified atom stereocenters. The van der Waals surface area contributed by atoms with Crippen LogP contribution in [0.15, 0.2) is 29.2 Å². The first-order valence-electron chi connectivity index (χ1n) is 9.99. The van der Waals surface area contributed by atoms with Gasteiger partial charge in [-0.25, -0.2) is 13.2 Å². The van der Waals surface area contributed by atoms with Crippen LogP contribution in [0.5, 0.6) is 5.75 Å². The number of unbranched alkanes of at least 4 members (excludes halogenated alkanes) is 1. The van der Waals surface area contributed by atoms with Gasteiger partial charge >= 0.3 is 6.03 Å². The van der Waals surface area contributed by atoms with Crippen molar-refractivity contribution in [1.82, 2.24) is 15.1 Å². The summed E-state index contributed by atoms with van der Waals surface area (Å²) in [7, 11) is 0.391. The number of carbonyl (C=O) groups is 1. The van der Waals surface area contributed by atoms with E-state index >= 15 is 0 Å². The lowest BCUT2D eigenvalue weighted by Crippen LogP contribution is -2.49. The zero-order valence-corrected chi connectivity index (χ0v) is 19.2. The first-order chi connectivity index (χ1) is 13.3. The summed E-state index contributed by atoms with van der Waals surface area (Å²) in [5.74, 6) is 0.679. The topological polar surface area (TPSA) is 79.0 Å². The number of rotatable bonds is 9. The normalized spacial score (nSPS) is 17.0. The minimum absolute atomic E-state index is 0. The van der Waals surface area contributed by atoms with Crippen LogP contribution in [-0.2, 0) is 9.84 Å². The molecule has 29 heavy (non-hydrogen) atoms. The molecule has 1 aliphatic rings. The van der Waals surface area contributed by atoms with Gasteiger partial charge in [-0.3, -0.25) is 0 Å². The quantitative estimate of drug-likeness (QED) is 0.589. The molecule has 1 aromatic carbocycles. The van der Waals surface area contributed by atoms with Gasteiger partial charge in [0.15, 0.2) is 9.84 Å². The number of halogens is 1. The van der Waals surface area contributed by atoms with Crippen molar-refractivity contribution in [2.24, 2.45) is 0 Å². The van der Waals surface area contributed by atoms with Crippen LogP contribution in [0.25, 0.3) is 0 Å². The fourth-order valence-electron chi connectivity index (χ4n) is 3.13. The first kappa shape index (κ1) is 25.5. The fraction of sp³-hybridized carbons (Fsp3) is 0.650. The van der Waals surface area contributed by atoms with Gasteiger partial charge in [-0.2, -0.15) is 0 Å². The average Bonchev–Trinajstić information content (AvgIpc) is 2.68. The first-order valence-corrected chi connectivity index (χ1v) is 11.5. The highest BCUT2D eigenvalue weighted by molar-refractivity contribution is 7.92. The lowest BCUT2D eigenvalue weighted by Gasteiger charge is -2.32. The summed E-state index contributed by atoms with van der Waals surface area (Å²) >= 11 is 0. The van der Waals surface area contributed by atoms with E-state index in [0.29, 0.717) is 38.3 Å². The van der Waals surface area contributed by atoms with Gasteiger partial charge in [-0.05, 0) is 57.6 Å². The number of likely N-dealkylation sites (tertiary alicyclic amines) is 1. The lowest BCUT2D eigenvalue weighted by molar-refractivity contribution is 0.186. The molecule has 0 aliphatic carbocycles. The molecule has 7 nitrogen and oxygen atoms in total. The number of ether oxygens (including phenoxy) is 1. The molecule has 166 valence electrons. The Bertz CT molecular complexity index is 726. The Labute approximate surface area is 181 Å². The largest absolute Gasteiger partial charge is 0.494 e. The monoisotopic (exact) mass is 447 g/mol. The van der Waals surface area contributed by atoms with Crippen molar-refractivity contribution >= 4 is 28.3 Å². The number of hydrogen-bond donors (Lipinski definition) is 1. The molecule has 0 saturated carbocycles. The molecule has 9 heteroatoms. The SMILES string of the molecule is CCCCOc1ccc(S(=O)(=O)C2CCCN(C(=O)NCCN(C)C)C2)cc1.Cl. The smallest absolute Gasteiger partial charge is 0.317 e. The van der Waals surface area contributed by atoms with E-state index in [2.05, 4.69) is 12.2 Å². The minimum atomic E-state index is -3.49. The second kappa shape index (κ2) is 12.2. The van der Waals surface area contributed by atoms with Crippen molar-refractivity contribution in [3.8, 4) is 5.75 Å². The van der Waals surface area contributed by atoms with Gasteiger partial charge in [0.1, 0.15) is 5.75 Å². The summed E-state index contributed by atoms with van der Waals surface area (Å²) in [6.07, 6.45) is 3.27. The molecule has 1 aromatic rings. The summed E-state index contributed by atoms with van der Waals surface area (Å²) in [6, 6.07) is 6.43. The van der Waals surface area contributed by atoms with Gasteiger partial charge in [-0.15, -0.1) is 12.4 Å². The molecule has 1 aliphatic heterocycles. The minimum Gasteiger partial charge on any atom is -0.494 e. The Morgan fingerprint density at radius 1 is 1.28 bits per heavy atom. The predicted molar refractivity (Wildman–Crippen MR) is 118 cm³/mol.